The lowest BCUT2D eigenvalue weighted by Crippen LogP contribution is -2.20. The highest BCUT2D eigenvalue weighted by Crippen LogP contribution is 2.41. The van der Waals surface area contributed by atoms with Crippen molar-refractivity contribution in [1.29, 1.82) is 0 Å². The van der Waals surface area contributed by atoms with E-state index in [9.17, 15) is 9.18 Å². The van der Waals surface area contributed by atoms with Crippen LogP contribution < -0.4 is 0 Å². The molecule has 1 heterocycles. The summed E-state index contributed by atoms with van der Waals surface area (Å²) < 4.78 is 16.6. The van der Waals surface area contributed by atoms with Gasteiger partial charge in [0.2, 0.25) is 0 Å². The second-order valence-electron chi connectivity index (χ2n) is 9.85. The van der Waals surface area contributed by atoms with Gasteiger partial charge in [-0.3, -0.25) is 9.48 Å². The van der Waals surface area contributed by atoms with E-state index >= 15 is 0 Å². The number of allylic oxidation sites excluding steroid dienone is 4. The van der Waals surface area contributed by atoms with Crippen LogP contribution in [0.1, 0.15) is 63.9 Å². The number of hydrogen-bond acceptors (Lipinski definition) is 3. The van der Waals surface area contributed by atoms with E-state index in [4.69, 9.17) is 10.2 Å². The lowest BCUT2D eigenvalue weighted by Gasteiger charge is -2.28. The normalized spacial score (nSPS) is 22.9. The number of carboxylic acids is 1. The molecule has 0 bridgehead atoms. The molecule has 6 heteroatoms. The molecule has 1 unspecified atom stereocenters. The van der Waals surface area contributed by atoms with Gasteiger partial charge in [-0.15, -0.1) is 11.8 Å². The van der Waals surface area contributed by atoms with Crippen LogP contribution in [0.2, 0.25) is 0 Å². The third kappa shape index (κ3) is 6.01. The second-order valence-corrected chi connectivity index (χ2v) is 10.6. The first-order valence-corrected chi connectivity index (χ1v) is 13.7. The summed E-state index contributed by atoms with van der Waals surface area (Å²) >= 11 is 1.69. The molecule has 2 aliphatic carbocycles. The Bertz CT molecular complexity index is 1050. The molecule has 1 saturated carbocycles. The summed E-state index contributed by atoms with van der Waals surface area (Å²) in [6.07, 6.45) is 13.1. The van der Waals surface area contributed by atoms with Gasteiger partial charge in [0.05, 0.1) is 0 Å². The molecule has 0 amide bonds. The summed E-state index contributed by atoms with van der Waals surface area (Å²) in [4.78, 5) is 10.8. The highest BCUT2D eigenvalue weighted by Gasteiger charge is 2.27. The van der Waals surface area contributed by atoms with Gasteiger partial charge in [0, 0.05) is 30.5 Å². The molecule has 1 N–H and O–H groups in total. The van der Waals surface area contributed by atoms with Crippen molar-refractivity contribution in [3.05, 3.63) is 53.9 Å². The number of carboxylic acid groups (broad SMARTS) is 1. The van der Waals surface area contributed by atoms with E-state index in [0.717, 1.165) is 72.5 Å². The molecule has 2 aliphatic rings. The Balaban J connectivity index is 1.57. The van der Waals surface area contributed by atoms with E-state index in [0.29, 0.717) is 18.3 Å². The smallest absolute Gasteiger partial charge is 0.303 e. The van der Waals surface area contributed by atoms with Crippen LogP contribution >= 0.6 is 11.8 Å². The van der Waals surface area contributed by atoms with E-state index in [1.54, 1.807) is 17.8 Å². The Morgan fingerprint density at radius 2 is 1.88 bits per heavy atom. The van der Waals surface area contributed by atoms with E-state index in [1.807, 2.05) is 18.2 Å². The first kappa shape index (κ1) is 24.8. The molecule has 2 aromatic rings. The Kier molecular flexibility index (Phi) is 8.30. The number of aromatic nitrogens is 2. The van der Waals surface area contributed by atoms with Crippen molar-refractivity contribution in [3.8, 4) is 11.3 Å². The minimum atomic E-state index is -0.695. The highest BCUT2D eigenvalue weighted by atomic mass is 32.2. The molecule has 1 aromatic heterocycles. The van der Waals surface area contributed by atoms with Crippen LogP contribution in [-0.2, 0) is 11.3 Å². The number of aliphatic carboxylic acids is 1. The van der Waals surface area contributed by atoms with E-state index < -0.39 is 5.97 Å². The number of nitrogens with zero attached hydrogens (tertiary/aromatic N) is 2. The van der Waals surface area contributed by atoms with Crippen molar-refractivity contribution >= 4 is 23.3 Å². The maximum atomic E-state index is 14.4. The summed E-state index contributed by atoms with van der Waals surface area (Å²) in [6.45, 7) is 2.93. The van der Waals surface area contributed by atoms with Crippen LogP contribution in [0.4, 0.5) is 4.39 Å². The van der Waals surface area contributed by atoms with Gasteiger partial charge in [-0.1, -0.05) is 56.2 Å². The van der Waals surface area contributed by atoms with Gasteiger partial charge < -0.3 is 5.11 Å². The minimum Gasteiger partial charge on any atom is -0.481 e. The molecule has 0 aliphatic heterocycles. The zero-order valence-electron chi connectivity index (χ0n) is 20.2. The molecule has 4 nitrogen and oxygen atoms in total. The van der Waals surface area contributed by atoms with Gasteiger partial charge in [0.25, 0.3) is 0 Å². The van der Waals surface area contributed by atoms with Crippen molar-refractivity contribution in [1.82, 2.24) is 9.78 Å². The molecule has 1 aromatic carbocycles. The van der Waals surface area contributed by atoms with Crippen LogP contribution in [-0.4, -0.2) is 27.1 Å². The van der Waals surface area contributed by atoms with Crippen molar-refractivity contribution in [2.75, 3.05) is 6.26 Å². The van der Waals surface area contributed by atoms with Gasteiger partial charge in [0.1, 0.15) is 16.5 Å². The first-order valence-electron chi connectivity index (χ1n) is 12.4. The van der Waals surface area contributed by atoms with Crippen LogP contribution in [0.15, 0.2) is 53.3 Å². The number of carbonyl (C=O) groups is 1. The molecule has 1 fully saturated rings. The van der Waals surface area contributed by atoms with Gasteiger partial charge in [0.15, 0.2) is 0 Å². The maximum Gasteiger partial charge on any atom is 0.303 e. The topological polar surface area (TPSA) is 55.1 Å². The lowest BCUT2D eigenvalue weighted by molar-refractivity contribution is -0.137. The fraction of sp³-hybridized carbons (Fsp3) is 0.500. The number of benzene rings is 1. The SMILES string of the molecule is CSc1c(C2=CC(C)CC(F)=C2)c(-c2ccccc2)nn1CC1CCC(CCCC(=O)O)CC1. The Labute approximate surface area is 206 Å². The molecule has 34 heavy (non-hydrogen) atoms. The van der Waals surface area contributed by atoms with Crippen molar-refractivity contribution < 1.29 is 14.3 Å². The van der Waals surface area contributed by atoms with E-state index in [-0.39, 0.29) is 18.2 Å². The van der Waals surface area contributed by atoms with Gasteiger partial charge in [-0.2, -0.15) is 5.10 Å². The minimum absolute atomic E-state index is 0.0648. The number of thioether (sulfide) groups is 1. The predicted molar refractivity (Wildman–Crippen MR) is 137 cm³/mol. The molecule has 0 spiro atoms. The summed E-state index contributed by atoms with van der Waals surface area (Å²) in [5.41, 5.74) is 3.97. The average molecular weight is 483 g/mol. The Hall–Kier alpha value is -2.34. The Morgan fingerprint density at radius 1 is 1.18 bits per heavy atom. The molecular formula is C28H35FN2O2S. The molecule has 182 valence electrons. The molecule has 0 saturated heterocycles. The maximum absolute atomic E-state index is 14.4. The molecular weight excluding hydrogens is 447 g/mol. The predicted octanol–water partition coefficient (Wildman–Crippen LogP) is 7.61. The quantitative estimate of drug-likeness (QED) is 0.374. The van der Waals surface area contributed by atoms with Crippen LogP contribution in [0.5, 0.6) is 0 Å². The third-order valence-electron chi connectivity index (χ3n) is 7.13. The molecule has 4 rings (SSSR count). The van der Waals surface area contributed by atoms with Crippen LogP contribution in [0, 0.1) is 17.8 Å². The fourth-order valence-corrected chi connectivity index (χ4v) is 6.17. The summed E-state index contributed by atoms with van der Waals surface area (Å²) in [5.74, 6) is 0.609. The molecule has 0 radical (unpaired) electrons. The summed E-state index contributed by atoms with van der Waals surface area (Å²) in [5, 5.41) is 15.1. The van der Waals surface area contributed by atoms with Crippen LogP contribution in [0.3, 0.4) is 0 Å². The van der Waals surface area contributed by atoms with Crippen LogP contribution in [0.25, 0.3) is 16.8 Å². The van der Waals surface area contributed by atoms with Gasteiger partial charge >= 0.3 is 5.97 Å². The summed E-state index contributed by atoms with van der Waals surface area (Å²) in [6, 6.07) is 10.2. The van der Waals surface area contributed by atoms with E-state index in [2.05, 4.69) is 36.1 Å². The van der Waals surface area contributed by atoms with Crippen molar-refractivity contribution in [3.63, 3.8) is 0 Å². The highest BCUT2D eigenvalue weighted by molar-refractivity contribution is 7.98. The second kappa shape index (κ2) is 11.4. The molecule has 1 atom stereocenters. The Morgan fingerprint density at radius 3 is 2.53 bits per heavy atom. The number of hydrogen-bond donors (Lipinski definition) is 1. The number of rotatable bonds is 9. The zero-order chi connectivity index (χ0) is 24.1. The third-order valence-corrected chi connectivity index (χ3v) is 7.93. The standard InChI is InChI=1S/C28H35FN2O2S/c1-19-15-23(17-24(29)16-19)26-27(22-8-4-3-5-9-22)30-31(28(26)34-2)18-21-13-11-20(12-14-21)7-6-10-25(32)33/h3-5,8-9,15,17,19-21H,6-7,10-14,16,18H2,1-2H3,(H,32,33). The fourth-order valence-electron chi connectivity index (χ4n) is 5.43. The van der Waals surface area contributed by atoms with Crippen molar-refractivity contribution in [2.45, 2.75) is 69.9 Å². The number of halogens is 1. The summed E-state index contributed by atoms with van der Waals surface area (Å²) in [7, 11) is 0. The average Bonchev–Trinajstić information content (AvgIpc) is 3.18. The zero-order valence-corrected chi connectivity index (χ0v) is 21.0. The monoisotopic (exact) mass is 482 g/mol. The van der Waals surface area contributed by atoms with Crippen molar-refractivity contribution in [2.24, 2.45) is 17.8 Å². The van der Waals surface area contributed by atoms with E-state index in [1.165, 1.54) is 0 Å². The van der Waals surface area contributed by atoms with Gasteiger partial charge in [-0.25, -0.2) is 4.39 Å². The lowest BCUT2D eigenvalue weighted by atomic mass is 9.80. The van der Waals surface area contributed by atoms with Gasteiger partial charge in [-0.05, 0) is 61.3 Å². The first-order chi connectivity index (χ1) is 16.4. The largest absolute Gasteiger partial charge is 0.481 e.